The summed E-state index contributed by atoms with van der Waals surface area (Å²) in [6.45, 7) is 4.30. The summed E-state index contributed by atoms with van der Waals surface area (Å²) in [5, 5.41) is 0.683. The van der Waals surface area contributed by atoms with Crippen molar-refractivity contribution in [3.63, 3.8) is 0 Å². The Bertz CT molecular complexity index is 1020. The molecule has 0 N–H and O–H groups in total. The molecule has 0 radical (unpaired) electrons. The Morgan fingerprint density at radius 2 is 1.88 bits per heavy atom. The Hall–Kier alpha value is -2.64. The van der Waals surface area contributed by atoms with Crippen LogP contribution in [0.3, 0.4) is 0 Å². The van der Waals surface area contributed by atoms with Crippen LogP contribution in [0.5, 0.6) is 11.5 Å². The summed E-state index contributed by atoms with van der Waals surface area (Å²) in [5.74, 6) is 1.38. The highest BCUT2D eigenvalue weighted by Gasteiger charge is 2.22. The molecule has 2 aromatic carbocycles. The van der Waals surface area contributed by atoms with Crippen LogP contribution in [-0.4, -0.2) is 56.7 Å². The number of amides is 1. The molecule has 0 aliphatic rings. The van der Waals surface area contributed by atoms with Crippen molar-refractivity contribution in [1.82, 2.24) is 9.88 Å². The number of fused-ring (bicyclic) bond motifs is 1. The fraction of sp³-hybridized carbons (Fsp3) is 0.440. The number of para-hydroxylation sites is 1. The first kappa shape index (κ1) is 24.0. The molecular formula is C25H33N3O3S. The van der Waals surface area contributed by atoms with Crippen LogP contribution in [0.2, 0.25) is 0 Å². The number of carbonyl (C=O) groups is 1. The highest BCUT2D eigenvalue weighted by atomic mass is 32.1. The number of rotatable bonds is 12. The first-order valence-corrected chi connectivity index (χ1v) is 12.0. The number of nitrogens with zero attached hydrogens (tertiary/aromatic N) is 3. The predicted molar refractivity (Wildman–Crippen MR) is 132 cm³/mol. The molecule has 0 atom stereocenters. The Kier molecular flexibility index (Phi) is 8.88. The average Bonchev–Trinajstić information content (AvgIpc) is 3.23. The van der Waals surface area contributed by atoms with Gasteiger partial charge < -0.3 is 14.4 Å². The number of hydrogen-bond acceptors (Lipinski definition) is 6. The maximum absolute atomic E-state index is 13.6. The molecule has 0 saturated heterocycles. The fourth-order valence-electron chi connectivity index (χ4n) is 3.44. The lowest BCUT2D eigenvalue weighted by atomic mass is 10.2. The SMILES string of the molecule is CCCCCOc1cccc(C(=O)N(CCCN(C)C)c2nc3c(OC)cccc3s2)c1. The summed E-state index contributed by atoms with van der Waals surface area (Å²) < 4.78 is 12.3. The van der Waals surface area contributed by atoms with Crippen LogP contribution in [-0.2, 0) is 0 Å². The number of carbonyl (C=O) groups excluding carboxylic acids is 1. The van der Waals surface area contributed by atoms with Gasteiger partial charge in [-0.3, -0.25) is 9.69 Å². The first-order valence-electron chi connectivity index (χ1n) is 11.2. The predicted octanol–water partition coefficient (Wildman–Crippen LogP) is 5.47. The monoisotopic (exact) mass is 455 g/mol. The fourth-order valence-corrected chi connectivity index (χ4v) is 4.45. The molecule has 3 rings (SSSR count). The number of thiazole rings is 1. The number of hydrogen-bond donors (Lipinski definition) is 0. The van der Waals surface area contributed by atoms with E-state index in [4.69, 9.17) is 14.5 Å². The molecule has 0 unspecified atom stereocenters. The van der Waals surface area contributed by atoms with E-state index in [2.05, 4.69) is 11.8 Å². The van der Waals surface area contributed by atoms with Crippen molar-refractivity contribution in [1.29, 1.82) is 0 Å². The summed E-state index contributed by atoms with van der Waals surface area (Å²) >= 11 is 1.51. The molecule has 0 spiro atoms. The van der Waals surface area contributed by atoms with Crippen molar-refractivity contribution >= 4 is 32.6 Å². The van der Waals surface area contributed by atoms with Gasteiger partial charge in [-0.05, 0) is 63.8 Å². The van der Waals surface area contributed by atoms with Gasteiger partial charge in [0, 0.05) is 12.1 Å². The molecule has 0 saturated carbocycles. The van der Waals surface area contributed by atoms with E-state index in [1.54, 1.807) is 12.0 Å². The molecule has 0 fully saturated rings. The highest BCUT2D eigenvalue weighted by Crippen LogP contribution is 2.34. The van der Waals surface area contributed by atoms with Gasteiger partial charge in [-0.25, -0.2) is 4.98 Å². The van der Waals surface area contributed by atoms with Crippen LogP contribution in [0.1, 0.15) is 43.0 Å². The van der Waals surface area contributed by atoms with E-state index in [1.807, 2.05) is 56.6 Å². The van der Waals surface area contributed by atoms with Crippen LogP contribution in [0.4, 0.5) is 5.13 Å². The van der Waals surface area contributed by atoms with Gasteiger partial charge in [0.05, 0.1) is 18.4 Å². The Morgan fingerprint density at radius 3 is 2.62 bits per heavy atom. The van der Waals surface area contributed by atoms with Gasteiger partial charge in [0.2, 0.25) is 0 Å². The summed E-state index contributed by atoms with van der Waals surface area (Å²) in [5.41, 5.74) is 1.39. The van der Waals surface area contributed by atoms with E-state index in [0.717, 1.165) is 48.2 Å². The van der Waals surface area contributed by atoms with Crippen molar-refractivity contribution in [2.45, 2.75) is 32.6 Å². The van der Waals surface area contributed by atoms with Crippen LogP contribution in [0.15, 0.2) is 42.5 Å². The van der Waals surface area contributed by atoms with Crippen molar-refractivity contribution in [3.05, 3.63) is 48.0 Å². The lowest BCUT2D eigenvalue weighted by Crippen LogP contribution is -2.33. The smallest absolute Gasteiger partial charge is 0.260 e. The molecule has 6 nitrogen and oxygen atoms in total. The first-order chi connectivity index (χ1) is 15.5. The molecule has 0 aliphatic carbocycles. The minimum absolute atomic E-state index is 0.0687. The van der Waals surface area contributed by atoms with Crippen molar-refractivity contribution in [2.24, 2.45) is 0 Å². The normalized spacial score (nSPS) is 11.2. The zero-order valence-corrected chi connectivity index (χ0v) is 20.3. The average molecular weight is 456 g/mol. The molecule has 1 heterocycles. The largest absolute Gasteiger partial charge is 0.494 e. The molecular weight excluding hydrogens is 422 g/mol. The number of ether oxygens (including phenoxy) is 2. The van der Waals surface area contributed by atoms with Crippen LogP contribution < -0.4 is 14.4 Å². The van der Waals surface area contributed by atoms with Crippen molar-refractivity contribution in [2.75, 3.05) is 45.8 Å². The van der Waals surface area contributed by atoms with E-state index in [1.165, 1.54) is 11.3 Å². The summed E-state index contributed by atoms with van der Waals surface area (Å²) in [6, 6.07) is 13.3. The van der Waals surface area contributed by atoms with E-state index in [9.17, 15) is 4.79 Å². The van der Waals surface area contributed by atoms with Crippen LogP contribution >= 0.6 is 11.3 Å². The van der Waals surface area contributed by atoms with Gasteiger partial charge in [-0.15, -0.1) is 0 Å². The number of anilines is 1. The molecule has 0 bridgehead atoms. The van der Waals surface area contributed by atoms with Crippen LogP contribution in [0, 0.1) is 0 Å². The lowest BCUT2D eigenvalue weighted by Gasteiger charge is -2.21. The molecule has 0 aliphatic heterocycles. The van der Waals surface area contributed by atoms with Crippen molar-refractivity contribution in [3.8, 4) is 11.5 Å². The van der Waals surface area contributed by atoms with E-state index < -0.39 is 0 Å². The molecule has 32 heavy (non-hydrogen) atoms. The maximum atomic E-state index is 13.6. The number of benzene rings is 2. The quantitative estimate of drug-likeness (QED) is 0.339. The van der Waals surface area contributed by atoms with E-state index in [0.29, 0.717) is 29.6 Å². The van der Waals surface area contributed by atoms with Gasteiger partial charge in [-0.1, -0.05) is 43.2 Å². The van der Waals surface area contributed by atoms with E-state index in [-0.39, 0.29) is 5.91 Å². The zero-order chi connectivity index (χ0) is 22.9. The molecule has 1 amide bonds. The number of aromatic nitrogens is 1. The summed E-state index contributed by atoms with van der Waals surface area (Å²) in [6.07, 6.45) is 4.15. The highest BCUT2D eigenvalue weighted by molar-refractivity contribution is 7.22. The maximum Gasteiger partial charge on any atom is 0.260 e. The van der Waals surface area contributed by atoms with Crippen LogP contribution in [0.25, 0.3) is 10.2 Å². The van der Waals surface area contributed by atoms with Crippen molar-refractivity contribution < 1.29 is 14.3 Å². The molecule has 172 valence electrons. The minimum Gasteiger partial charge on any atom is -0.494 e. The summed E-state index contributed by atoms with van der Waals surface area (Å²) in [4.78, 5) is 22.2. The third kappa shape index (κ3) is 6.20. The Morgan fingerprint density at radius 1 is 1.06 bits per heavy atom. The second-order valence-corrected chi connectivity index (χ2v) is 9.01. The van der Waals surface area contributed by atoms with Gasteiger partial charge in [-0.2, -0.15) is 0 Å². The molecule has 3 aromatic rings. The van der Waals surface area contributed by atoms with Gasteiger partial charge >= 0.3 is 0 Å². The lowest BCUT2D eigenvalue weighted by molar-refractivity contribution is 0.0985. The number of unbranched alkanes of at least 4 members (excludes halogenated alkanes) is 2. The number of methoxy groups -OCH3 is 1. The topological polar surface area (TPSA) is 54.9 Å². The van der Waals surface area contributed by atoms with E-state index >= 15 is 0 Å². The summed E-state index contributed by atoms with van der Waals surface area (Å²) in [7, 11) is 5.71. The van der Waals surface area contributed by atoms with Gasteiger partial charge in [0.25, 0.3) is 5.91 Å². The Labute approximate surface area is 194 Å². The molecule has 7 heteroatoms. The second-order valence-electron chi connectivity index (χ2n) is 8.00. The minimum atomic E-state index is -0.0687. The van der Waals surface area contributed by atoms with Gasteiger partial charge in [0.15, 0.2) is 5.13 Å². The molecule has 1 aromatic heterocycles. The Balaban J connectivity index is 1.86. The third-order valence-corrected chi connectivity index (χ3v) is 6.19. The van der Waals surface area contributed by atoms with Gasteiger partial charge in [0.1, 0.15) is 17.0 Å². The zero-order valence-electron chi connectivity index (χ0n) is 19.5. The second kappa shape index (κ2) is 11.8. The third-order valence-electron chi connectivity index (χ3n) is 5.15. The standard InChI is InChI=1S/C25H33N3O3S/c1-5-6-7-17-31-20-12-8-11-19(18-20)24(29)28(16-10-15-27(2)3)25-26-23-21(30-4)13-9-14-22(23)32-25/h8-9,11-14,18H,5-7,10,15-17H2,1-4H3.